The lowest BCUT2D eigenvalue weighted by molar-refractivity contribution is -0.156. The van der Waals surface area contributed by atoms with E-state index in [4.69, 9.17) is 28.4 Å². The highest BCUT2D eigenvalue weighted by Gasteiger charge is 2.59. The van der Waals surface area contributed by atoms with Crippen LogP contribution >= 0.6 is 0 Å². The summed E-state index contributed by atoms with van der Waals surface area (Å²) in [6.07, 6.45) is 0.460. The van der Waals surface area contributed by atoms with Crippen molar-refractivity contribution in [1.82, 2.24) is 9.80 Å². The summed E-state index contributed by atoms with van der Waals surface area (Å²) in [5.74, 6) is 2.01. The zero-order chi connectivity index (χ0) is 32.2. The molecule has 3 aromatic rings. The quantitative estimate of drug-likeness (QED) is 0.342. The predicted octanol–water partition coefficient (Wildman–Crippen LogP) is 4.61. The number of amides is 1. The van der Waals surface area contributed by atoms with Crippen molar-refractivity contribution in [3.05, 3.63) is 75.3 Å². The highest BCUT2D eigenvalue weighted by atomic mass is 16.5. The number of aryl methyl sites for hydroxylation is 1. The number of Topliss-reactive ketones (excluding diaryl/α,β-unsaturated/α-hetero) is 1. The van der Waals surface area contributed by atoms with Gasteiger partial charge in [-0.3, -0.25) is 14.5 Å². The lowest BCUT2D eigenvalue weighted by atomic mass is 9.73. The molecular weight excluding hydrogens is 576 g/mol. The van der Waals surface area contributed by atoms with Crippen molar-refractivity contribution >= 4 is 11.7 Å². The van der Waals surface area contributed by atoms with Crippen LogP contribution in [0, 0.1) is 13.8 Å². The molecule has 0 saturated carbocycles. The van der Waals surface area contributed by atoms with E-state index in [2.05, 4.69) is 0 Å². The molecule has 0 radical (unpaired) electrons. The van der Waals surface area contributed by atoms with Gasteiger partial charge in [-0.05, 0) is 44.0 Å². The van der Waals surface area contributed by atoms with Crippen molar-refractivity contribution in [1.29, 1.82) is 0 Å². The number of ether oxygens (including phenoxy) is 6. The molecule has 3 heterocycles. The third-order valence-electron chi connectivity index (χ3n) is 9.54. The first kappa shape index (κ1) is 30.7. The highest BCUT2D eigenvalue weighted by Crippen LogP contribution is 2.56. The molecular formula is C35H40N2O8. The molecule has 3 aliphatic rings. The zero-order valence-corrected chi connectivity index (χ0v) is 27.1. The van der Waals surface area contributed by atoms with Gasteiger partial charge >= 0.3 is 0 Å². The van der Waals surface area contributed by atoms with Crippen molar-refractivity contribution in [2.75, 3.05) is 49.2 Å². The van der Waals surface area contributed by atoms with E-state index >= 15 is 4.79 Å². The van der Waals surface area contributed by atoms with Gasteiger partial charge in [-0.2, -0.15) is 0 Å². The van der Waals surface area contributed by atoms with Crippen LogP contribution in [0.3, 0.4) is 0 Å². The number of hydrogen-bond acceptors (Lipinski definition) is 9. The maximum absolute atomic E-state index is 15.0. The van der Waals surface area contributed by atoms with Gasteiger partial charge in [-0.15, -0.1) is 0 Å². The third-order valence-corrected chi connectivity index (χ3v) is 9.54. The van der Waals surface area contributed by atoms with Crippen LogP contribution in [-0.2, 0) is 22.6 Å². The van der Waals surface area contributed by atoms with Gasteiger partial charge in [-0.25, -0.2) is 0 Å². The molecule has 45 heavy (non-hydrogen) atoms. The smallest absolute Gasteiger partial charge is 0.241 e. The van der Waals surface area contributed by atoms with Crippen LogP contribution in [0.1, 0.15) is 55.8 Å². The van der Waals surface area contributed by atoms with E-state index in [1.165, 1.54) is 7.11 Å². The van der Waals surface area contributed by atoms with E-state index in [1.807, 2.05) is 62.2 Å². The molecule has 10 heteroatoms. The minimum Gasteiger partial charge on any atom is -0.496 e. The summed E-state index contributed by atoms with van der Waals surface area (Å²) < 4.78 is 35.8. The second-order valence-corrected chi connectivity index (χ2v) is 11.7. The van der Waals surface area contributed by atoms with Crippen molar-refractivity contribution < 1.29 is 38.0 Å². The highest BCUT2D eigenvalue weighted by molar-refractivity contribution is 6.10. The number of rotatable bonds is 9. The number of methoxy groups -OCH3 is 5. The normalized spacial score (nSPS) is 21.9. The van der Waals surface area contributed by atoms with Crippen molar-refractivity contribution in [2.24, 2.45) is 0 Å². The van der Waals surface area contributed by atoms with Gasteiger partial charge in [0.15, 0.2) is 28.8 Å². The third kappa shape index (κ3) is 4.53. The van der Waals surface area contributed by atoms with Crippen LogP contribution in [0.5, 0.6) is 28.7 Å². The van der Waals surface area contributed by atoms with Crippen LogP contribution in [-0.4, -0.2) is 82.8 Å². The van der Waals surface area contributed by atoms with Crippen molar-refractivity contribution in [3.63, 3.8) is 0 Å². The molecule has 0 spiro atoms. The van der Waals surface area contributed by atoms with E-state index in [0.717, 1.165) is 22.3 Å². The number of hydrogen-bond donors (Lipinski definition) is 0. The number of ketones is 1. The molecule has 6 rings (SSSR count). The van der Waals surface area contributed by atoms with Crippen LogP contribution < -0.4 is 23.7 Å². The second kappa shape index (κ2) is 11.9. The molecule has 2 bridgehead atoms. The van der Waals surface area contributed by atoms with Crippen LogP contribution in [0.15, 0.2) is 36.4 Å². The summed E-state index contributed by atoms with van der Waals surface area (Å²) in [5.41, 5.74) is 5.24. The minimum absolute atomic E-state index is 0.119. The maximum atomic E-state index is 15.0. The SMILES string of the molecule is COc1c(C)cc2c(c1OC)[C@H]1[C@H]3C(=O)c4c(OC)c(C)c(OC)c(OC)c4[C@H](COCc4ccccc4)N3C(=O)[C@H](C2)N1C. The molecule has 0 aromatic heterocycles. The fourth-order valence-corrected chi connectivity index (χ4v) is 7.67. The molecule has 0 N–H and O–H groups in total. The molecule has 238 valence electrons. The predicted molar refractivity (Wildman–Crippen MR) is 167 cm³/mol. The minimum atomic E-state index is -0.900. The summed E-state index contributed by atoms with van der Waals surface area (Å²) in [5, 5.41) is 0. The first-order valence-electron chi connectivity index (χ1n) is 15.0. The lowest BCUT2D eigenvalue weighted by Crippen LogP contribution is -2.68. The Morgan fingerprint density at radius 2 is 1.40 bits per heavy atom. The Morgan fingerprint density at radius 3 is 2.02 bits per heavy atom. The molecule has 4 atom stereocenters. The maximum Gasteiger partial charge on any atom is 0.241 e. The number of piperazine rings is 1. The van der Waals surface area contributed by atoms with Gasteiger partial charge in [0.2, 0.25) is 5.91 Å². The first-order valence-corrected chi connectivity index (χ1v) is 15.0. The topological polar surface area (TPSA) is 96.0 Å². The van der Waals surface area contributed by atoms with Gasteiger partial charge in [0.05, 0.1) is 72.5 Å². The van der Waals surface area contributed by atoms with E-state index in [0.29, 0.717) is 58.5 Å². The van der Waals surface area contributed by atoms with Crippen molar-refractivity contribution in [2.45, 2.75) is 51.0 Å². The average Bonchev–Trinajstić information content (AvgIpc) is 3.04. The Balaban J connectivity index is 1.60. The van der Waals surface area contributed by atoms with Crippen LogP contribution in [0.25, 0.3) is 0 Å². The molecule has 1 saturated heterocycles. The summed E-state index contributed by atoms with van der Waals surface area (Å²) >= 11 is 0. The Morgan fingerprint density at radius 1 is 0.778 bits per heavy atom. The summed E-state index contributed by atoms with van der Waals surface area (Å²) in [6.45, 7) is 4.24. The van der Waals surface area contributed by atoms with Gasteiger partial charge in [0, 0.05) is 16.7 Å². The molecule has 3 aromatic carbocycles. The van der Waals surface area contributed by atoms with E-state index < -0.39 is 24.2 Å². The molecule has 0 unspecified atom stereocenters. The second-order valence-electron chi connectivity index (χ2n) is 11.7. The standard InChI is InChI=1S/C35H40N2O8/c1-18-14-21-15-22-35(39)37-23(17-45-16-20-12-10-9-11-13-20)25-26(31(41-5)19(2)32(42-6)34(25)44-8)29(38)28(37)27(36(22)3)24(21)33(43-7)30(18)40-4/h9-14,22-23,27-28H,15-17H2,1-8H3/t22-,23-,27-,28-/m0/s1. The first-order chi connectivity index (χ1) is 21.7. The lowest BCUT2D eigenvalue weighted by Gasteiger charge is -2.56. The largest absolute Gasteiger partial charge is 0.496 e. The number of likely N-dealkylation sites (N-methyl/N-ethyl adjacent to an activating group) is 1. The van der Waals surface area contributed by atoms with Crippen LogP contribution in [0.2, 0.25) is 0 Å². The summed E-state index contributed by atoms with van der Waals surface area (Å²) in [6, 6.07) is 9.30. The van der Waals surface area contributed by atoms with Crippen LogP contribution in [0.4, 0.5) is 0 Å². The Bertz CT molecular complexity index is 1660. The van der Waals surface area contributed by atoms with E-state index in [-0.39, 0.29) is 18.3 Å². The summed E-state index contributed by atoms with van der Waals surface area (Å²) in [7, 11) is 9.75. The average molecular weight is 617 g/mol. The van der Waals surface area contributed by atoms with Crippen molar-refractivity contribution in [3.8, 4) is 28.7 Å². The fraction of sp³-hybridized carbons (Fsp3) is 0.429. The number of fused-ring (bicyclic) bond motifs is 7. The monoisotopic (exact) mass is 616 g/mol. The fourth-order valence-electron chi connectivity index (χ4n) is 7.67. The Kier molecular flexibility index (Phi) is 8.13. The molecule has 0 aliphatic carbocycles. The zero-order valence-electron chi connectivity index (χ0n) is 27.1. The molecule has 10 nitrogen and oxygen atoms in total. The number of carbonyl (C=O) groups is 2. The molecule has 1 amide bonds. The molecule has 3 aliphatic heterocycles. The Labute approximate surface area is 263 Å². The number of carbonyl (C=O) groups excluding carboxylic acids is 2. The molecule has 1 fully saturated rings. The van der Waals surface area contributed by atoms with Gasteiger partial charge in [0.25, 0.3) is 0 Å². The Hall–Kier alpha value is -4.28. The van der Waals surface area contributed by atoms with E-state index in [9.17, 15) is 4.79 Å². The van der Waals surface area contributed by atoms with Gasteiger partial charge in [0.1, 0.15) is 11.8 Å². The van der Waals surface area contributed by atoms with Gasteiger partial charge in [-0.1, -0.05) is 36.4 Å². The summed E-state index contributed by atoms with van der Waals surface area (Å²) in [4.78, 5) is 33.4. The number of benzene rings is 3. The van der Waals surface area contributed by atoms with E-state index in [1.54, 1.807) is 33.3 Å². The number of nitrogens with zero attached hydrogens (tertiary/aromatic N) is 2. The van der Waals surface area contributed by atoms with Gasteiger partial charge < -0.3 is 33.3 Å².